The molecule has 0 aromatic carbocycles. The molecule has 2 aromatic rings. The summed E-state index contributed by atoms with van der Waals surface area (Å²) in [5.74, 6) is 3.51. The fourth-order valence-electron chi connectivity index (χ4n) is 3.41. The second-order valence-electron chi connectivity index (χ2n) is 6.95. The minimum absolute atomic E-state index is 0.0739. The predicted octanol–water partition coefficient (Wildman–Crippen LogP) is 2.57. The van der Waals surface area contributed by atoms with E-state index in [4.69, 9.17) is 6.42 Å². The highest BCUT2D eigenvalue weighted by molar-refractivity contribution is 5.97. The Kier molecular flexibility index (Phi) is 4.29. The van der Waals surface area contributed by atoms with Crippen molar-refractivity contribution in [3.8, 4) is 12.3 Å². The van der Waals surface area contributed by atoms with E-state index in [2.05, 4.69) is 37.6 Å². The Morgan fingerprint density at radius 3 is 2.85 bits per heavy atom. The molecule has 1 aliphatic carbocycles. The molecule has 1 aliphatic heterocycles. The summed E-state index contributed by atoms with van der Waals surface area (Å²) in [7, 11) is 0. The van der Waals surface area contributed by atoms with Crippen molar-refractivity contribution in [2.24, 2.45) is 5.92 Å². The van der Waals surface area contributed by atoms with Gasteiger partial charge in [-0.25, -0.2) is 4.98 Å². The van der Waals surface area contributed by atoms with E-state index in [1.165, 1.54) is 0 Å². The van der Waals surface area contributed by atoms with Gasteiger partial charge in [0.1, 0.15) is 11.5 Å². The molecule has 26 heavy (non-hydrogen) atoms. The first-order valence-electron chi connectivity index (χ1n) is 9.06. The summed E-state index contributed by atoms with van der Waals surface area (Å²) in [5.41, 5.74) is 2.91. The van der Waals surface area contributed by atoms with E-state index < -0.39 is 0 Å². The van der Waals surface area contributed by atoms with Crippen LogP contribution in [0.1, 0.15) is 19.3 Å². The summed E-state index contributed by atoms with van der Waals surface area (Å²) in [6.45, 7) is 7.61. The fraction of sp³-hybridized carbons (Fsp3) is 0.400. The Labute approximate surface area is 153 Å². The van der Waals surface area contributed by atoms with E-state index in [9.17, 15) is 4.79 Å². The summed E-state index contributed by atoms with van der Waals surface area (Å²) in [5, 5.41) is 4.04. The smallest absolute Gasteiger partial charge is 0.228 e. The lowest BCUT2D eigenvalue weighted by Gasteiger charge is -2.38. The molecule has 4 rings (SSSR count). The molecule has 2 aromatic heterocycles. The molecule has 1 saturated carbocycles. The molecule has 6 heteroatoms. The van der Waals surface area contributed by atoms with Gasteiger partial charge in [0.15, 0.2) is 0 Å². The highest BCUT2D eigenvalue weighted by Crippen LogP contribution is 2.32. The van der Waals surface area contributed by atoms with Crippen molar-refractivity contribution in [2.75, 3.05) is 36.4 Å². The number of pyridine rings is 1. The van der Waals surface area contributed by atoms with Crippen molar-refractivity contribution in [1.82, 2.24) is 14.9 Å². The Hall–Kier alpha value is -2.94. The van der Waals surface area contributed by atoms with Crippen molar-refractivity contribution in [2.45, 2.75) is 19.3 Å². The number of piperazine rings is 1. The van der Waals surface area contributed by atoms with Gasteiger partial charge in [0.05, 0.1) is 5.69 Å². The van der Waals surface area contributed by atoms with Crippen molar-refractivity contribution < 1.29 is 4.79 Å². The molecular weight excluding hydrogens is 326 g/mol. The van der Waals surface area contributed by atoms with E-state index in [0.29, 0.717) is 12.2 Å². The number of H-pyrrole nitrogens is 1. The van der Waals surface area contributed by atoms with Crippen molar-refractivity contribution in [3.05, 3.63) is 30.6 Å². The number of rotatable bonds is 5. The molecular formula is C20H23N5O. The third kappa shape index (κ3) is 3.25. The van der Waals surface area contributed by atoms with Crippen LogP contribution in [0.25, 0.3) is 11.0 Å². The number of fused-ring (bicyclic) bond motifs is 1. The zero-order chi connectivity index (χ0) is 18.1. The van der Waals surface area contributed by atoms with Gasteiger partial charge in [-0.2, -0.15) is 0 Å². The number of hydrogen-bond donors (Lipinski definition) is 2. The minimum atomic E-state index is 0.0739. The average molecular weight is 349 g/mol. The van der Waals surface area contributed by atoms with Gasteiger partial charge in [-0.05, 0) is 18.9 Å². The number of nitrogens with one attached hydrogen (secondary N) is 2. The molecule has 0 unspecified atom stereocenters. The fourth-order valence-corrected chi connectivity index (χ4v) is 3.41. The predicted molar refractivity (Wildman–Crippen MR) is 104 cm³/mol. The standard InChI is InChI=1S/C20H23N5O/c1-3-4-14(2)24-9-11-25(12-10-24)17-13-18(23-20(26)15-5-6-15)22-19-16(17)7-8-21-19/h1,7-8,13,15H,2,4-6,9-12H2,(H2,21,22,23,26). The van der Waals surface area contributed by atoms with E-state index in [0.717, 1.165) is 61.4 Å². The third-order valence-electron chi connectivity index (χ3n) is 5.08. The lowest BCUT2D eigenvalue weighted by atomic mass is 10.2. The number of amides is 1. The average Bonchev–Trinajstić information content (AvgIpc) is 3.40. The van der Waals surface area contributed by atoms with Crippen LogP contribution in [-0.2, 0) is 4.79 Å². The van der Waals surface area contributed by atoms with Crippen LogP contribution in [0.15, 0.2) is 30.6 Å². The first kappa shape index (κ1) is 16.5. The summed E-state index contributed by atoms with van der Waals surface area (Å²) in [6.07, 6.45) is 9.83. The summed E-state index contributed by atoms with van der Waals surface area (Å²) >= 11 is 0. The second-order valence-corrected chi connectivity index (χ2v) is 6.95. The van der Waals surface area contributed by atoms with Crippen LogP contribution in [0, 0.1) is 18.3 Å². The first-order valence-corrected chi connectivity index (χ1v) is 9.06. The third-order valence-corrected chi connectivity index (χ3v) is 5.08. The van der Waals surface area contributed by atoms with Gasteiger partial charge in [-0.3, -0.25) is 4.79 Å². The van der Waals surface area contributed by atoms with Crippen LogP contribution < -0.4 is 10.2 Å². The summed E-state index contributed by atoms with van der Waals surface area (Å²) < 4.78 is 0. The van der Waals surface area contributed by atoms with Crippen LogP contribution in [0.2, 0.25) is 0 Å². The Morgan fingerprint density at radius 1 is 1.38 bits per heavy atom. The van der Waals surface area contributed by atoms with Crippen molar-refractivity contribution >= 4 is 28.4 Å². The molecule has 2 aliphatic rings. The minimum Gasteiger partial charge on any atom is -0.371 e. The SMILES string of the molecule is C#CCC(=C)N1CCN(c2cc(NC(=O)C3CC3)nc3[nH]ccc23)CC1. The highest BCUT2D eigenvalue weighted by Gasteiger charge is 2.30. The zero-order valence-corrected chi connectivity index (χ0v) is 14.8. The zero-order valence-electron chi connectivity index (χ0n) is 14.8. The lowest BCUT2D eigenvalue weighted by molar-refractivity contribution is -0.117. The van der Waals surface area contributed by atoms with Gasteiger partial charge in [0.2, 0.25) is 5.91 Å². The number of anilines is 2. The molecule has 2 N–H and O–H groups in total. The van der Waals surface area contributed by atoms with Gasteiger partial charge >= 0.3 is 0 Å². The van der Waals surface area contributed by atoms with E-state index in [-0.39, 0.29) is 11.8 Å². The van der Waals surface area contributed by atoms with E-state index in [1.807, 2.05) is 18.3 Å². The number of carbonyl (C=O) groups is 1. The summed E-state index contributed by atoms with van der Waals surface area (Å²) in [4.78, 5) is 24.4. The molecule has 6 nitrogen and oxygen atoms in total. The molecule has 0 radical (unpaired) electrons. The van der Waals surface area contributed by atoms with Crippen molar-refractivity contribution in [3.63, 3.8) is 0 Å². The highest BCUT2D eigenvalue weighted by atomic mass is 16.2. The molecule has 3 heterocycles. The molecule has 134 valence electrons. The molecule has 0 spiro atoms. The van der Waals surface area contributed by atoms with Gasteiger partial charge < -0.3 is 20.1 Å². The van der Waals surface area contributed by atoms with E-state index >= 15 is 0 Å². The molecule has 1 saturated heterocycles. The lowest BCUT2D eigenvalue weighted by Crippen LogP contribution is -2.45. The normalized spacial score (nSPS) is 17.2. The molecule has 0 bridgehead atoms. The monoisotopic (exact) mass is 349 g/mol. The maximum atomic E-state index is 12.1. The summed E-state index contributed by atoms with van der Waals surface area (Å²) in [6, 6.07) is 4.02. The molecule has 1 amide bonds. The quantitative estimate of drug-likeness (QED) is 0.815. The number of terminal acetylenes is 1. The number of aromatic amines is 1. The van der Waals surface area contributed by atoms with Crippen LogP contribution in [0.5, 0.6) is 0 Å². The van der Waals surface area contributed by atoms with Crippen molar-refractivity contribution in [1.29, 1.82) is 0 Å². The number of aromatic nitrogens is 2. The van der Waals surface area contributed by atoms with Crippen LogP contribution in [-0.4, -0.2) is 47.0 Å². The molecule has 0 atom stereocenters. The van der Waals surface area contributed by atoms with Gasteiger partial charge in [-0.15, -0.1) is 12.3 Å². The maximum Gasteiger partial charge on any atom is 0.228 e. The second kappa shape index (κ2) is 6.75. The molecule has 2 fully saturated rings. The Morgan fingerprint density at radius 2 is 2.15 bits per heavy atom. The Bertz CT molecular complexity index is 881. The van der Waals surface area contributed by atoms with Gasteiger partial charge in [0.25, 0.3) is 0 Å². The number of nitrogens with zero attached hydrogens (tertiary/aromatic N) is 3. The first-order chi connectivity index (χ1) is 12.7. The number of hydrogen-bond acceptors (Lipinski definition) is 4. The van der Waals surface area contributed by atoms with E-state index in [1.54, 1.807) is 0 Å². The topological polar surface area (TPSA) is 64.3 Å². The Balaban J connectivity index is 1.54. The van der Waals surface area contributed by atoms with Crippen LogP contribution in [0.4, 0.5) is 11.5 Å². The largest absolute Gasteiger partial charge is 0.371 e. The number of carbonyl (C=O) groups excluding carboxylic acids is 1. The van der Waals surface area contributed by atoms with Crippen LogP contribution >= 0.6 is 0 Å². The van der Waals surface area contributed by atoms with Gasteiger partial charge in [-0.1, -0.05) is 6.58 Å². The van der Waals surface area contributed by atoms with Gasteiger partial charge in [0, 0.05) is 61.9 Å². The maximum absolute atomic E-state index is 12.1. The van der Waals surface area contributed by atoms with Crippen LogP contribution in [0.3, 0.4) is 0 Å². The number of allylic oxidation sites excluding steroid dienone is 1.